The zero-order valence-electron chi connectivity index (χ0n) is 13.2. The van der Waals surface area contributed by atoms with Crippen LogP contribution in [0, 0.1) is 10.1 Å². The third-order valence-corrected chi connectivity index (χ3v) is 3.54. The Bertz CT molecular complexity index is 922. The van der Waals surface area contributed by atoms with Gasteiger partial charge in [0.25, 0.3) is 11.6 Å². The van der Waals surface area contributed by atoms with Crippen molar-refractivity contribution < 1.29 is 14.5 Å². The van der Waals surface area contributed by atoms with E-state index in [1.54, 1.807) is 30.5 Å². The number of anilines is 1. The summed E-state index contributed by atoms with van der Waals surface area (Å²) in [5, 5.41) is 14.0. The number of nitrogens with zero attached hydrogens (tertiary/aromatic N) is 3. The highest BCUT2D eigenvalue weighted by molar-refractivity contribution is 6.05. The fraction of sp³-hybridized carbons (Fsp3) is 0.0588. The Morgan fingerprint density at radius 1 is 1.28 bits per heavy atom. The topological polar surface area (TPSA) is 99.3 Å². The second-order valence-electron chi connectivity index (χ2n) is 5.12. The molecule has 3 rings (SSSR count). The van der Waals surface area contributed by atoms with Gasteiger partial charge in [0.15, 0.2) is 0 Å². The Morgan fingerprint density at radius 3 is 2.80 bits per heavy atom. The number of methoxy groups -OCH3 is 1. The second kappa shape index (κ2) is 6.83. The highest BCUT2D eigenvalue weighted by Gasteiger charge is 2.19. The minimum atomic E-state index is -0.530. The first-order chi connectivity index (χ1) is 12.1. The van der Waals surface area contributed by atoms with E-state index in [4.69, 9.17) is 4.74 Å². The number of hydrogen-bond donors (Lipinski definition) is 1. The van der Waals surface area contributed by atoms with Crippen LogP contribution in [0.25, 0.3) is 5.69 Å². The molecule has 126 valence electrons. The highest BCUT2D eigenvalue weighted by Crippen LogP contribution is 2.25. The molecule has 0 aliphatic heterocycles. The van der Waals surface area contributed by atoms with Gasteiger partial charge >= 0.3 is 0 Å². The number of nitro groups is 1. The third-order valence-electron chi connectivity index (χ3n) is 3.54. The van der Waals surface area contributed by atoms with E-state index in [0.717, 1.165) is 0 Å². The van der Waals surface area contributed by atoms with Gasteiger partial charge in [-0.1, -0.05) is 6.07 Å². The zero-order chi connectivity index (χ0) is 17.8. The molecule has 3 aromatic rings. The predicted molar refractivity (Wildman–Crippen MR) is 91.2 cm³/mol. The number of ether oxygens (including phenoxy) is 1. The maximum Gasteiger partial charge on any atom is 0.294 e. The molecule has 0 aliphatic carbocycles. The monoisotopic (exact) mass is 338 g/mol. The molecule has 1 aromatic heterocycles. The lowest BCUT2D eigenvalue weighted by atomic mass is 10.1. The van der Waals surface area contributed by atoms with E-state index in [1.807, 2.05) is 0 Å². The Balaban J connectivity index is 1.90. The van der Waals surface area contributed by atoms with E-state index in [1.165, 1.54) is 42.4 Å². The first-order valence-corrected chi connectivity index (χ1v) is 7.30. The SMILES string of the molecule is COc1cccc(NC(=O)c2ccc(-n3ccnc3)c([N+](=O)[O-])c2)c1. The minimum absolute atomic E-state index is 0.179. The molecule has 1 heterocycles. The van der Waals surface area contributed by atoms with E-state index >= 15 is 0 Å². The van der Waals surface area contributed by atoms with Gasteiger partial charge in [-0.25, -0.2) is 4.98 Å². The second-order valence-corrected chi connectivity index (χ2v) is 5.12. The van der Waals surface area contributed by atoms with Crippen molar-refractivity contribution in [2.45, 2.75) is 0 Å². The summed E-state index contributed by atoms with van der Waals surface area (Å²) in [5.74, 6) is 0.146. The fourth-order valence-corrected chi connectivity index (χ4v) is 2.33. The lowest BCUT2D eigenvalue weighted by Gasteiger charge is -2.09. The van der Waals surface area contributed by atoms with Gasteiger partial charge in [0, 0.05) is 35.8 Å². The summed E-state index contributed by atoms with van der Waals surface area (Å²) in [6.45, 7) is 0. The number of nitrogens with one attached hydrogen (secondary N) is 1. The molecule has 0 aliphatic rings. The first kappa shape index (κ1) is 16.2. The molecule has 0 atom stereocenters. The summed E-state index contributed by atoms with van der Waals surface area (Å²) in [7, 11) is 1.53. The number of carbonyl (C=O) groups is 1. The molecule has 0 saturated carbocycles. The highest BCUT2D eigenvalue weighted by atomic mass is 16.6. The van der Waals surface area contributed by atoms with Crippen molar-refractivity contribution in [2.24, 2.45) is 0 Å². The molecule has 1 N–H and O–H groups in total. The van der Waals surface area contributed by atoms with Crippen molar-refractivity contribution in [2.75, 3.05) is 12.4 Å². The number of carbonyl (C=O) groups excluding carboxylic acids is 1. The summed E-state index contributed by atoms with van der Waals surface area (Å²) in [6.07, 6.45) is 4.57. The van der Waals surface area contributed by atoms with Crippen LogP contribution in [-0.4, -0.2) is 27.5 Å². The minimum Gasteiger partial charge on any atom is -0.497 e. The summed E-state index contributed by atoms with van der Waals surface area (Å²) in [6, 6.07) is 11.1. The maximum absolute atomic E-state index is 12.4. The summed E-state index contributed by atoms with van der Waals surface area (Å²) in [5.41, 5.74) is 0.862. The number of benzene rings is 2. The number of nitro benzene ring substituents is 1. The van der Waals surface area contributed by atoms with Crippen LogP contribution >= 0.6 is 0 Å². The van der Waals surface area contributed by atoms with Gasteiger partial charge in [-0.05, 0) is 24.3 Å². The van der Waals surface area contributed by atoms with E-state index in [2.05, 4.69) is 10.3 Å². The Hall–Kier alpha value is -3.68. The average Bonchev–Trinajstić information content (AvgIpc) is 3.15. The number of imidazole rings is 1. The average molecular weight is 338 g/mol. The normalized spacial score (nSPS) is 10.3. The van der Waals surface area contributed by atoms with Crippen LogP contribution in [0.15, 0.2) is 61.2 Å². The molecule has 0 spiro atoms. The van der Waals surface area contributed by atoms with Gasteiger partial charge in [-0.15, -0.1) is 0 Å². The van der Waals surface area contributed by atoms with E-state index in [0.29, 0.717) is 17.1 Å². The standard InChI is InChI=1S/C17H14N4O4/c1-25-14-4-2-3-13(10-14)19-17(22)12-5-6-15(16(9-12)21(23)24)20-8-7-18-11-20/h2-11H,1H3,(H,19,22). The Morgan fingerprint density at radius 2 is 2.12 bits per heavy atom. The van der Waals surface area contributed by atoms with Gasteiger partial charge in [-0.2, -0.15) is 0 Å². The molecular weight excluding hydrogens is 324 g/mol. The van der Waals surface area contributed by atoms with Gasteiger partial charge < -0.3 is 14.6 Å². The number of amides is 1. The Labute approximate surface area is 142 Å². The molecule has 8 nitrogen and oxygen atoms in total. The number of aromatic nitrogens is 2. The molecule has 0 fully saturated rings. The van der Waals surface area contributed by atoms with Crippen molar-refractivity contribution in [1.82, 2.24) is 9.55 Å². The number of hydrogen-bond acceptors (Lipinski definition) is 5. The van der Waals surface area contributed by atoms with Gasteiger partial charge in [0.05, 0.1) is 18.4 Å². The first-order valence-electron chi connectivity index (χ1n) is 7.30. The largest absolute Gasteiger partial charge is 0.497 e. The van der Waals surface area contributed by atoms with E-state index in [9.17, 15) is 14.9 Å². The van der Waals surface area contributed by atoms with Crippen LogP contribution in [0.2, 0.25) is 0 Å². The lowest BCUT2D eigenvalue weighted by Crippen LogP contribution is -2.12. The zero-order valence-corrected chi connectivity index (χ0v) is 13.2. The van der Waals surface area contributed by atoms with Crippen molar-refractivity contribution >= 4 is 17.3 Å². The molecule has 25 heavy (non-hydrogen) atoms. The summed E-state index contributed by atoms with van der Waals surface area (Å²) >= 11 is 0. The maximum atomic E-state index is 12.4. The summed E-state index contributed by atoms with van der Waals surface area (Å²) in [4.78, 5) is 27.1. The predicted octanol–water partition coefficient (Wildman–Crippen LogP) is 3.04. The lowest BCUT2D eigenvalue weighted by molar-refractivity contribution is -0.384. The molecule has 0 bridgehead atoms. The van der Waals surface area contributed by atoms with Crippen molar-refractivity contribution in [3.8, 4) is 11.4 Å². The quantitative estimate of drug-likeness (QED) is 0.569. The molecule has 8 heteroatoms. The van der Waals surface area contributed by atoms with E-state index in [-0.39, 0.29) is 11.3 Å². The van der Waals surface area contributed by atoms with Gasteiger partial charge in [-0.3, -0.25) is 14.9 Å². The molecule has 0 radical (unpaired) electrons. The van der Waals surface area contributed by atoms with Crippen molar-refractivity contribution in [1.29, 1.82) is 0 Å². The van der Waals surface area contributed by atoms with Gasteiger partial charge in [0.2, 0.25) is 0 Å². The van der Waals surface area contributed by atoms with E-state index < -0.39 is 10.8 Å². The van der Waals surface area contributed by atoms with Crippen LogP contribution in [0.4, 0.5) is 11.4 Å². The number of rotatable bonds is 5. The van der Waals surface area contributed by atoms with Crippen LogP contribution in [0.1, 0.15) is 10.4 Å². The third kappa shape index (κ3) is 3.47. The van der Waals surface area contributed by atoms with Crippen LogP contribution in [0.3, 0.4) is 0 Å². The van der Waals surface area contributed by atoms with Crippen molar-refractivity contribution in [3.05, 3.63) is 76.9 Å². The Kier molecular flexibility index (Phi) is 4.42. The van der Waals surface area contributed by atoms with Crippen LogP contribution in [0.5, 0.6) is 5.75 Å². The van der Waals surface area contributed by atoms with Crippen molar-refractivity contribution in [3.63, 3.8) is 0 Å². The summed E-state index contributed by atoms with van der Waals surface area (Å²) < 4.78 is 6.62. The smallest absolute Gasteiger partial charge is 0.294 e. The molecule has 0 saturated heterocycles. The molecule has 2 aromatic carbocycles. The van der Waals surface area contributed by atoms with Gasteiger partial charge in [0.1, 0.15) is 11.4 Å². The molecule has 1 amide bonds. The van der Waals surface area contributed by atoms with Crippen LogP contribution < -0.4 is 10.1 Å². The molecule has 0 unspecified atom stereocenters. The molecular formula is C17H14N4O4. The fourth-order valence-electron chi connectivity index (χ4n) is 2.33. The van der Waals surface area contributed by atoms with Crippen LogP contribution in [-0.2, 0) is 0 Å².